The van der Waals surface area contributed by atoms with Crippen molar-refractivity contribution in [1.82, 2.24) is 4.72 Å². The third-order valence-electron chi connectivity index (χ3n) is 2.67. The number of benzene rings is 1. The minimum absolute atomic E-state index is 0.0205. The van der Waals surface area contributed by atoms with Gasteiger partial charge in [-0.05, 0) is 12.0 Å². The van der Waals surface area contributed by atoms with E-state index in [1.807, 2.05) is 13.8 Å². The van der Waals surface area contributed by atoms with E-state index in [-0.39, 0.29) is 34.4 Å². The van der Waals surface area contributed by atoms with Gasteiger partial charge in [0, 0.05) is 12.6 Å². The second-order valence-electron chi connectivity index (χ2n) is 4.76. The van der Waals surface area contributed by atoms with E-state index in [1.165, 1.54) is 20.3 Å². The Labute approximate surface area is 123 Å². The van der Waals surface area contributed by atoms with Crippen molar-refractivity contribution in [3.05, 3.63) is 17.7 Å². The number of carboxylic acids is 1. The van der Waals surface area contributed by atoms with Crippen LogP contribution in [-0.2, 0) is 10.0 Å². The lowest BCUT2D eigenvalue weighted by Crippen LogP contribution is -2.27. The fraction of sp³-hybridized carbons (Fsp3) is 0.462. The Bertz CT molecular complexity index is 624. The second-order valence-corrected chi connectivity index (χ2v) is 6.52. The summed E-state index contributed by atoms with van der Waals surface area (Å²) in [5, 5.41) is 9.17. The number of ether oxygens (including phenoxy) is 2. The number of rotatable bonds is 7. The van der Waals surface area contributed by atoms with Crippen LogP contribution < -0.4 is 14.2 Å². The van der Waals surface area contributed by atoms with Crippen LogP contribution in [0.15, 0.2) is 17.0 Å². The first-order valence-electron chi connectivity index (χ1n) is 6.22. The number of aromatic carboxylic acids is 1. The molecule has 0 heterocycles. The number of methoxy groups -OCH3 is 2. The molecule has 21 heavy (non-hydrogen) atoms. The topological polar surface area (TPSA) is 102 Å². The average molecular weight is 317 g/mol. The average Bonchev–Trinajstić information content (AvgIpc) is 2.43. The molecule has 0 aliphatic heterocycles. The normalized spacial score (nSPS) is 11.5. The van der Waals surface area contributed by atoms with Crippen molar-refractivity contribution in [2.24, 2.45) is 5.92 Å². The van der Waals surface area contributed by atoms with Crippen LogP contribution in [0.5, 0.6) is 11.5 Å². The lowest BCUT2D eigenvalue weighted by Gasteiger charge is -2.14. The zero-order valence-electron chi connectivity index (χ0n) is 12.3. The molecule has 0 amide bonds. The molecule has 0 spiro atoms. The first kappa shape index (κ1) is 17.3. The number of hydrogen-bond donors (Lipinski definition) is 2. The van der Waals surface area contributed by atoms with Crippen molar-refractivity contribution in [3.63, 3.8) is 0 Å². The van der Waals surface area contributed by atoms with Gasteiger partial charge in [0.1, 0.15) is 5.56 Å². The number of hydrogen-bond acceptors (Lipinski definition) is 5. The fourth-order valence-electron chi connectivity index (χ4n) is 1.61. The molecule has 0 aliphatic carbocycles. The van der Waals surface area contributed by atoms with E-state index in [4.69, 9.17) is 9.47 Å². The molecule has 0 saturated heterocycles. The fourth-order valence-corrected chi connectivity index (χ4v) is 2.87. The van der Waals surface area contributed by atoms with E-state index in [0.717, 1.165) is 6.07 Å². The van der Waals surface area contributed by atoms with Crippen molar-refractivity contribution in [1.29, 1.82) is 0 Å². The van der Waals surface area contributed by atoms with Crippen LogP contribution in [0.4, 0.5) is 0 Å². The minimum Gasteiger partial charge on any atom is -0.493 e. The van der Waals surface area contributed by atoms with E-state index >= 15 is 0 Å². The van der Waals surface area contributed by atoms with Gasteiger partial charge in [0.15, 0.2) is 11.5 Å². The van der Waals surface area contributed by atoms with Gasteiger partial charge in [-0.15, -0.1) is 0 Å². The quantitative estimate of drug-likeness (QED) is 0.787. The molecule has 0 fully saturated rings. The highest BCUT2D eigenvalue weighted by Crippen LogP contribution is 2.34. The summed E-state index contributed by atoms with van der Waals surface area (Å²) in [7, 11) is -1.22. The van der Waals surface area contributed by atoms with Crippen LogP contribution in [0.25, 0.3) is 0 Å². The highest BCUT2D eigenvalue weighted by Gasteiger charge is 2.23. The standard InChI is InChI=1S/C13H19NO6S/c1-8(2)7-14-21(17,18)9-5-10(13(15)16)12(20-4)11(6-9)19-3/h5-6,8,14H,7H2,1-4H3,(H,15,16). The third-order valence-corrected chi connectivity index (χ3v) is 4.08. The lowest BCUT2D eigenvalue weighted by atomic mass is 10.2. The van der Waals surface area contributed by atoms with Crippen LogP contribution in [-0.4, -0.2) is 40.3 Å². The molecule has 0 saturated carbocycles. The van der Waals surface area contributed by atoms with Gasteiger partial charge < -0.3 is 14.6 Å². The van der Waals surface area contributed by atoms with Gasteiger partial charge in [-0.1, -0.05) is 13.8 Å². The highest BCUT2D eigenvalue weighted by molar-refractivity contribution is 7.89. The van der Waals surface area contributed by atoms with Gasteiger partial charge >= 0.3 is 5.97 Å². The summed E-state index contributed by atoms with van der Waals surface area (Å²) in [5.74, 6) is -1.15. The SMILES string of the molecule is COc1cc(S(=O)(=O)NCC(C)C)cc(C(=O)O)c1OC. The Morgan fingerprint density at radius 1 is 1.29 bits per heavy atom. The van der Waals surface area contributed by atoms with Crippen molar-refractivity contribution in [3.8, 4) is 11.5 Å². The van der Waals surface area contributed by atoms with E-state index < -0.39 is 16.0 Å². The van der Waals surface area contributed by atoms with E-state index in [9.17, 15) is 18.3 Å². The van der Waals surface area contributed by atoms with Gasteiger partial charge in [0.05, 0.1) is 19.1 Å². The van der Waals surface area contributed by atoms with Crippen LogP contribution in [0.2, 0.25) is 0 Å². The smallest absolute Gasteiger partial charge is 0.339 e. The number of nitrogens with one attached hydrogen (secondary N) is 1. The summed E-state index contributed by atoms with van der Waals surface area (Å²) < 4.78 is 36.8. The molecule has 1 aromatic carbocycles. The molecule has 0 atom stereocenters. The van der Waals surface area contributed by atoms with Gasteiger partial charge in [0.2, 0.25) is 10.0 Å². The molecule has 0 aliphatic rings. The molecule has 1 aromatic rings. The van der Waals surface area contributed by atoms with Crippen LogP contribution in [0.1, 0.15) is 24.2 Å². The van der Waals surface area contributed by atoms with Crippen LogP contribution in [0, 0.1) is 5.92 Å². The zero-order valence-corrected chi connectivity index (χ0v) is 13.2. The van der Waals surface area contributed by atoms with E-state index in [2.05, 4.69) is 4.72 Å². The van der Waals surface area contributed by atoms with E-state index in [1.54, 1.807) is 0 Å². The maximum Gasteiger partial charge on any atom is 0.339 e. The molecule has 0 unspecified atom stereocenters. The summed E-state index contributed by atoms with van der Waals surface area (Å²) >= 11 is 0. The first-order valence-corrected chi connectivity index (χ1v) is 7.70. The van der Waals surface area contributed by atoms with Crippen LogP contribution >= 0.6 is 0 Å². The molecule has 1 rings (SSSR count). The number of carboxylic acid groups (broad SMARTS) is 1. The number of carbonyl (C=O) groups is 1. The molecular formula is C13H19NO6S. The van der Waals surface area contributed by atoms with Gasteiger partial charge in [-0.2, -0.15) is 0 Å². The summed E-state index contributed by atoms with van der Waals surface area (Å²) in [4.78, 5) is 11.1. The molecule has 7 nitrogen and oxygen atoms in total. The van der Waals surface area contributed by atoms with Crippen LogP contribution in [0.3, 0.4) is 0 Å². The maximum absolute atomic E-state index is 12.2. The molecule has 8 heteroatoms. The maximum atomic E-state index is 12.2. The van der Waals surface area contributed by atoms with Crippen molar-refractivity contribution >= 4 is 16.0 Å². The Morgan fingerprint density at radius 2 is 1.90 bits per heavy atom. The largest absolute Gasteiger partial charge is 0.493 e. The molecular weight excluding hydrogens is 298 g/mol. The Hall–Kier alpha value is -1.80. The summed E-state index contributed by atoms with van der Waals surface area (Å²) in [6.45, 7) is 3.97. The van der Waals surface area contributed by atoms with Gasteiger partial charge in [-0.25, -0.2) is 17.9 Å². The summed E-state index contributed by atoms with van der Waals surface area (Å²) in [6.07, 6.45) is 0. The number of sulfonamides is 1. The zero-order chi connectivity index (χ0) is 16.2. The van der Waals surface area contributed by atoms with Crippen molar-refractivity contribution in [2.45, 2.75) is 18.7 Å². The Balaban J connectivity index is 3.38. The minimum atomic E-state index is -3.82. The Kier molecular flexibility index (Phi) is 5.56. The van der Waals surface area contributed by atoms with Gasteiger partial charge in [0.25, 0.3) is 0 Å². The molecule has 118 valence electrons. The lowest BCUT2D eigenvalue weighted by molar-refractivity contribution is 0.0692. The van der Waals surface area contributed by atoms with Crippen molar-refractivity contribution in [2.75, 3.05) is 20.8 Å². The monoisotopic (exact) mass is 317 g/mol. The molecule has 0 bridgehead atoms. The predicted molar refractivity (Wildman–Crippen MR) is 76.5 cm³/mol. The molecule has 0 aromatic heterocycles. The van der Waals surface area contributed by atoms with Gasteiger partial charge in [-0.3, -0.25) is 0 Å². The van der Waals surface area contributed by atoms with E-state index in [0.29, 0.717) is 0 Å². The second kappa shape index (κ2) is 6.77. The Morgan fingerprint density at radius 3 is 2.33 bits per heavy atom. The van der Waals surface area contributed by atoms with Crippen molar-refractivity contribution < 1.29 is 27.8 Å². The molecule has 2 N–H and O–H groups in total. The molecule has 0 radical (unpaired) electrons. The first-order chi connectivity index (χ1) is 9.72. The highest BCUT2D eigenvalue weighted by atomic mass is 32.2. The predicted octanol–water partition coefficient (Wildman–Crippen LogP) is 1.34. The third kappa shape index (κ3) is 4.08. The summed E-state index contributed by atoms with van der Waals surface area (Å²) in [6, 6.07) is 2.28. The summed E-state index contributed by atoms with van der Waals surface area (Å²) in [5.41, 5.74) is -0.276.